The normalized spacial score (nSPS) is 20.8. The smallest absolute Gasteiger partial charge is 0.390 e. The molecule has 2 aromatic rings. The van der Waals surface area contributed by atoms with E-state index in [4.69, 9.17) is 10.1 Å². The zero-order chi connectivity index (χ0) is 22.9. The second kappa shape index (κ2) is 8.69. The van der Waals surface area contributed by atoms with Crippen LogP contribution in [0.25, 0.3) is 0 Å². The maximum Gasteiger partial charge on any atom is 0.390 e. The third-order valence-electron chi connectivity index (χ3n) is 6.12. The van der Waals surface area contributed by atoms with E-state index in [2.05, 4.69) is 16.9 Å². The Bertz CT molecular complexity index is 976. The Balaban J connectivity index is 1.43. The molecular formula is C23H28F3N5O. The third-order valence-corrected chi connectivity index (χ3v) is 6.12. The second-order valence-corrected chi connectivity index (χ2v) is 8.91. The number of aromatic nitrogens is 2. The number of halogens is 3. The number of anilines is 1. The van der Waals surface area contributed by atoms with Crippen LogP contribution in [-0.2, 0) is 0 Å². The van der Waals surface area contributed by atoms with Gasteiger partial charge in [-0.1, -0.05) is 12.1 Å². The highest BCUT2D eigenvalue weighted by Gasteiger charge is 2.40. The lowest BCUT2D eigenvalue weighted by atomic mass is 10.1. The van der Waals surface area contributed by atoms with Gasteiger partial charge in [-0.25, -0.2) is 9.97 Å². The minimum atomic E-state index is -4.14. The zero-order valence-electron chi connectivity index (χ0n) is 18.3. The van der Waals surface area contributed by atoms with Gasteiger partial charge in [-0.15, -0.1) is 0 Å². The van der Waals surface area contributed by atoms with Crippen molar-refractivity contribution in [3.05, 3.63) is 47.9 Å². The third kappa shape index (κ3) is 5.56. The number of hydrogen-bond donors (Lipinski definition) is 1. The Labute approximate surface area is 185 Å². The summed E-state index contributed by atoms with van der Waals surface area (Å²) in [6.45, 7) is 5.70. The summed E-state index contributed by atoms with van der Waals surface area (Å²) < 4.78 is 43.7. The Morgan fingerprint density at radius 1 is 1.22 bits per heavy atom. The molecule has 0 amide bonds. The van der Waals surface area contributed by atoms with Crippen LogP contribution >= 0.6 is 0 Å². The highest BCUT2D eigenvalue weighted by Crippen LogP contribution is 2.39. The van der Waals surface area contributed by atoms with Crippen molar-refractivity contribution >= 4 is 11.5 Å². The predicted molar refractivity (Wildman–Crippen MR) is 117 cm³/mol. The Hall–Kier alpha value is -2.68. The number of nitrogens with zero attached hydrogens (tertiary/aromatic N) is 4. The van der Waals surface area contributed by atoms with Crippen LogP contribution < -0.4 is 9.64 Å². The van der Waals surface area contributed by atoms with Gasteiger partial charge in [0.05, 0.1) is 17.8 Å². The highest BCUT2D eigenvalue weighted by atomic mass is 19.4. The van der Waals surface area contributed by atoms with E-state index < -0.39 is 12.6 Å². The molecule has 9 heteroatoms. The highest BCUT2D eigenvalue weighted by molar-refractivity contribution is 6.10. The lowest BCUT2D eigenvalue weighted by Crippen LogP contribution is -2.52. The van der Waals surface area contributed by atoms with Crippen molar-refractivity contribution in [3.8, 4) is 5.75 Å². The molecule has 1 aliphatic carbocycles. The molecule has 4 rings (SSSR count). The van der Waals surface area contributed by atoms with Crippen molar-refractivity contribution in [2.45, 2.75) is 50.9 Å². The van der Waals surface area contributed by atoms with Crippen LogP contribution in [0.1, 0.15) is 44.4 Å². The molecule has 1 aliphatic heterocycles. The molecule has 2 fully saturated rings. The number of hydrogen-bond acceptors (Lipinski definition) is 6. The fourth-order valence-corrected chi connectivity index (χ4v) is 3.89. The van der Waals surface area contributed by atoms with Crippen LogP contribution in [0.2, 0.25) is 0 Å². The number of ether oxygens (including phenoxy) is 1. The minimum Gasteiger partial charge on any atom is -0.488 e. The molecule has 0 unspecified atom stereocenters. The Morgan fingerprint density at radius 3 is 2.69 bits per heavy atom. The SMILES string of the molecule is C[C@H]1CN(c2cc(C(=N)c3cccc(OC4(C)CC4)c3)ncn2)CCN1CCC(F)(F)F. The second-order valence-electron chi connectivity index (χ2n) is 8.91. The largest absolute Gasteiger partial charge is 0.488 e. The molecule has 32 heavy (non-hydrogen) atoms. The van der Waals surface area contributed by atoms with Gasteiger partial charge >= 0.3 is 6.18 Å². The molecule has 1 N–H and O–H groups in total. The first-order valence-electron chi connectivity index (χ1n) is 10.9. The van der Waals surface area contributed by atoms with Gasteiger partial charge in [0.1, 0.15) is 23.5 Å². The Morgan fingerprint density at radius 2 is 2.00 bits per heavy atom. The fourth-order valence-electron chi connectivity index (χ4n) is 3.89. The van der Waals surface area contributed by atoms with E-state index >= 15 is 0 Å². The number of piperazine rings is 1. The topological polar surface area (TPSA) is 65.3 Å². The van der Waals surface area contributed by atoms with Gasteiger partial charge in [-0.2, -0.15) is 13.2 Å². The lowest BCUT2D eigenvalue weighted by Gasteiger charge is -2.40. The van der Waals surface area contributed by atoms with Crippen molar-refractivity contribution in [2.75, 3.05) is 31.1 Å². The van der Waals surface area contributed by atoms with Crippen LogP contribution in [-0.4, -0.2) is 64.6 Å². The van der Waals surface area contributed by atoms with E-state index in [9.17, 15) is 13.2 Å². The molecule has 2 aliphatic rings. The molecule has 172 valence electrons. The number of benzene rings is 1. The Kier molecular flexibility index (Phi) is 6.11. The van der Waals surface area contributed by atoms with Crippen molar-refractivity contribution in [2.24, 2.45) is 0 Å². The molecule has 1 aromatic heterocycles. The van der Waals surface area contributed by atoms with Crippen LogP contribution in [0.15, 0.2) is 36.7 Å². The summed E-state index contributed by atoms with van der Waals surface area (Å²) in [7, 11) is 0. The predicted octanol–water partition coefficient (Wildman–Crippen LogP) is 4.29. The van der Waals surface area contributed by atoms with Crippen LogP contribution in [0.4, 0.5) is 19.0 Å². The standard InChI is InChI=1S/C23H28F3N5O/c1-16-14-31(11-10-30(16)9-8-23(24,25)26)20-13-19(28-15-29-20)21(27)17-4-3-5-18(12-17)32-22(2)6-7-22/h3-5,12-13,15-16,27H,6-11,14H2,1-2H3/t16-/m0/s1. The molecule has 1 saturated heterocycles. The summed E-state index contributed by atoms with van der Waals surface area (Å²) in [6, 6.07) is 9.22. The summed E-state index contributed by atoms with van der Waals surface area (Å²) in [5.74, 6) is 1.42. The first-order chi connectivity index (χ1) is 15.1. The number of rotatable bonds is 7. The van der Waals surface area contributed by atoms with Gasteiger partial charge in [0, 0.05) is 43.9 Å². The van der Waals surface area contributed by atoms with Crippen LogP contribution in [0.5, 0.6) is 5.75 Å². The van der Waals surface area contributed by atoms with Gasteiger partial charge in [0.2, 0.25) is 0 Å². The zero-order valence-corrected chi connectivity index (χ0v) is 18.3. The van der Waals surface area contributed by atoms with E-state index in [0.29, 0.717) is 36.7 Å². The van der Waals surface area contributed by atoms with E-state index in [-0.39, 0.29) is 23.9 Å². The van der Waals surface area contributed by atoms with Crippen molar-refractivity contribution < 1.29 is 17.9 Å². The van der Waals surface area contributed by atoms with E-state index in [1.165, 1.54) is 6.33 Å². The van der Waals surface area contributed by atoms with Gasteiger partial charge in [-0.3, -0.25) is 10.3 Å². The molecule has 0 radical (unpaired) electrons. The van der Waals surface area contributed by atoms with Crippen molar-refractivity contribution in [1.82, 2.24) is 14.9 Å². The van der Waals surface area contributed by atoms with Crippen molar-refractivity contribution in [3.63, 3.8) is 0 Å². The molecule has 2 heterocycles. The summed E-state index contributed by atoms with van der Waals surface area (Å²) in [4.78, 5) is 12.5. The fraction of sp³-hybridized carbons (Fsp3) is 0.522. The molecule has 0 spiro atoms. The summed E-state index contributed by atoms with van der Waals surface area (Å²) in [6.07, 6.45) is -1.44. The maximum atomic E-state index is 12.6. The van der Waals surface area contributed by atoms with Gasteiger partial charge in [-0.05, 0) is 38.8 Å². The van der Waals surface area contributed by atoms with Crippen LogP contribution in [0.3, 0.4) is 0 Å². The van der Waals surface area contributed by atoms with Gasteiger partial charge in [0.15, 0.2) is 0 Å². The first-order valence-corrected chi connectivity index (χ1v) is 10.9. The molecule has 1 aromatic carbocycles. The average Bonchev–Trinajstić information content (AvgIpc) is 3.48. The van der Waals surface area contributed by atoms with Crippen molar-refractivity contribution in [1.29, 1.82) is 5.41 Å². The molecule has 1 saturated carbocycles. The van der Waals surface area contributed by atoms with E-state index in [0.717, 1.165) is 18.6 Å². The van der Waals surface area contributed by atoms with E-state index in [1.807, 2.05) is 41.0 Å². The molecule has 0 bridgehead atoms. The van der Waals surface area contributed by atoms with Gasteiger partial charge in [0.25, 0.3) is 0 Å². The summed E-state index contributed by atoms with van der Waals surface area (Å²) in [5.41, 5.74) is 1.39. The number of alkyl halides is 3. The lowest BCUT2D eigenvalue weighted by molar-refractivity contribution is -0.139. The number of nitrogens with one attached hydrogen (secondary N) is 1. The first kappa shape index (κ1) is 22.5. The molecule has 6 nitrogen and oxygen atoms in total. The molecular weight excluding hydrogens is 419 g/mol. The van der Waals surface area contributed by atoms with Crippen LogP contribution in [0, 0.1) is 5.41 Å². The average molecular weight is 448 g/mol. The van der Waals surface area contributed by atoms with Gasteiger partial charge < -0.3 is 9.64 Å². The minimum absolute atomic E-state index is 0.00956. The van der Waals surface area contributed by atoms with E-state index in [1.54, 1.807) is 6.07 Å². The summed E-state index contributed by atoms with van der Waals surface area (Å²) >= 11 is 0. The summed E-state index contributed by atoms with van der Waals surface area (Å²) in [5, 5.41) is 8.63. The maximum absolute atomic E-state index is 12.6. The molecule has 1 atom stereocenters. The quantitative estimate of drug-likeness (QED) is 0.642. The monoisotopic (exact) mass is 447 g/mol.